The fourth-order valence-corrected chi connectivity index (χ4v) is 4.49. The number of carbonyl (C=O) groups excluding carboxylic acids is 3. The standard InChI is InChI=1S/C24H26N2O3/c27-22(15-16-25-23(28)20-13-7-8-14-21(20)24(25)29)26(19-11-5-2-6-12-19)17-18-9-3-1-4-10-18/h1-6,9-12,20-21H,7-8,13-17H2. The van der Waals surface area contributed by atoms with Crippen LogP contribution >= 0.6 is 0 Å². The van der Waals surface area contributed by atoms with Gasteiger partial charge >= 0.3 is 0 Å². The van der Waals surface area contributed by atoms with Crippen molar-refractivity contribution in [1.29, 1.82) is 0 Å². The molecule has 2 unspecified atom stereocenters. The first-order valence-electron chi connectivity index (χ1n) is 10.4. The highest BCUT2D eigenvalue weighted by molar-refractivity contribution is 6.05. The van der Waals surface area contributed by atoms with Crippen molar-refractivity contribution in [3.63, 3.8) is 0 Å². The van der Waals surface area contributed by atoms with Gasteiger partial charge in [-0.3, -0.25) is 19.3 Å². The summed E-state index contributed by atoms with van der Waals surface area (Å²) in [5.41, 5.74) is 1.85. The number of rotatable bonds is 6. The maximum atomic E-state index is 13.1. The first kappa shape index (κ1) is 19.4. The lowest BCUT2D eigenvalue weighted by Crippen LogP contribution is -2.37. The van der Waals surface area contributed by atoms with E-state index in [1.165, 1.54) is 4.90 Å². The molecule has 29 heavy (non-hydrogen) atoms. The molecule has 1 aliphatic carbocycles. The Hall–Kier alpha value is -2.95. The van der Waals surface area contributed by atoms with E-state index in [0.29, 0.717) is 6.54 Å². The van der Waals surface area contributed by atoms with E-state index < -0.39 is 0 Å². The summed E-state index contributed by atoms with van der Waals surface area (Å²) in [4.78, 5) is 41.5. The molecule has 2 fully saturated rings. The first-order valence-corrected chi connectivity index (χ1v) is 10.4. The Balaban J connectivity index is 1.47. The molecule has 150 valence electrons. The molecule has 2 aromatic carbocycles. The molecule has 0 radical (unpaired) electrons. The lowest BCUT2D eigenvalue weighted by molar-refractivity contribution is -0.140. The molecule has 1 aliphatic heterocycles. The van der Waals surface area contributed by atoms with Crippen LogP contribution in [0.5, 0.6) is 0 Å². The van der Waals surface area contributed by atoms with Crippen molar-refractivity contribution in [1.82, 2.24) is 4.90 Å². The molecule has 0 bridgehead atoms. The summed E-state index contributed by atoms with van der Waals surface area (Å²) >= 11 is 0. The number of amides is 3. The highest BCUT2D eigenvalue weighted by Gasteiger charge is 2.47. The second-order valence-corrected chi connectivity index (χ2v) is 7.88. The zero-order valence-corrected chi connectivity index (χ0v) is 16.5. The first-order chi connectivity index (χ1) is 14.1. The van der Waals surface area contributed by atoms with Gasteiger partial charge < -0.3 is 4.90 Å². The van der Waals surface area contributed by atoms with E-state index in [0.717, 1.165) is 36.9 Å². The molecule has 1 saturated carbocycles. The molecule has 2 aliphatic rings. The van der Waals surface area contributed by atoms with Crippen molar-refractivity contribution in [2.24, 2.45) is 11.8 Å². The van der Waals surface area contributed by atoms with Gasteiger partial charge in [0.2, 0.25) is 17.7 Å². The Morgan fingerprint density at radius 3 is 2.00 bits per heavy atom. The Labute approximate surface area is 171 Å². The molecule has 5 heteroatoms. The van der Waals surface area contributed by atoms with Crippen LogP contribution in [0.15, 0.2) is 60.7 Å². The third kappa shape index (κ3) is 4.09. The maximum absolute atomic E-state index is 13.1. The topological polar surface area (TPSA) is 57.7 Å². The lowest BCUT2D eigenvalue weighted by atomic mass is 9.81. The number of hydrogen-bond acceptors (Lipinski definition) is 3. The van der Waals surface area contributed by atoms with Gasteiger partial charge in [-0.05, 0) is 30.5 Å². The SMILES string of the molecule is O=C1C2CCCCC2C(=O)N1CCC(=O)N(Cc1ccccc1)c1ccccc1. The third-order valence-electron chi connectivity index (χ3n) is 6.03. The lowest BCUT2D eigenvalue weighted by Gasteiger charge is -2.24. The largest absolute Gasteiger partial charge is 0.308 e. The number of anilines is 1. The van der Waals surface area contributed by atoms with Crippen LogP contribution in [0.1, 0.15) is 37.7 Å². The molecule has 2 aromatic rings. The fraction of sp³-hybridized carbons (Fsp3) is 0.375. The summed E-state index contributed by atoms with van der Waals surface area (Å²) in [7, 11) is 0. The van der Waals surface area contributed by atoms with Gasteiger partial charge in [0, 0.05) is 18.7 Å². The predicted octanol–water partition coefficient (Wildman–Crippen LogP) is 3.79. The number of fused-ring (bicyclic) bond motifs is 1. The van der Waals surface area contributed by atoms with Crippen molar-refractivity contribution in [3.05, 3.63) is 66.2 Å². The maximum Gasteiger partial charge on any atom is 0.233 e. The van der Waals surface area contributed by atoms with E-state index in [4.69, 9.17) is 0 Å². The number of nitrogens with zero attached hydrogens (tertiary/aromatic N) is 2. The van der Waals surface area contributed by atoms with Gasteiger partial charge in [-0.15, -0.1) is 0 Å². The number of carbonyl (C=O) groups is 3. The van der Waals surface area contributed by atoms with Crippen LogP contribution in [-0.2, 0) is 20.9 Å². The zero-order valence-electron chi connectivity index (χ0n) is 16.5. The summed E-state index contributed by atoms with van der Waals surface area (Å²) in [5, 5.41) is 0. The van der Waals surface area contributed by atoms with Crippen molar-refractivity contribution in [3.8, 4) is 0 Å². The summed E-state index contributed by atoms with van der Waals surface area (Å²) in [5.74, 6) is -0.582. The fourth-order valence-electron chi connectivity index (χ4n) is 4.49. The van der Waals surface area contributed by atoms with Gasteiger partial charge in [-0.2, -0.15) is 0 Å². The quantitative estimate of drug-likeness (QED) is 0.705. The van der Waals surface area contributed by atoms with Crippen LogP contribution in [0, 0.1) is 11.8 Å². The van der Waals surface area contributed by atoms with Crippen LogP contribution in [-0.4, -0.2) is 29.2 Å². The molecule has 0 N–H and O–H groups in total. The van der Waals surface area contributed by atoms with Gasteiger partial charge in [0.25, 0.3) is 0 Å². The van der Waals surface area contributed by atoms with Gasteiger partial charge in [-0.25, -0.2) is 0 Å². The van der Waals surface area contributed by atoms with E-state index >= 15 is 0 Å². The average molecular weight is 390 g/mol. The second kappa shape index (κ2) is 8.60. The highest BCUT2D eigenvalue weighted by atomic mass is 16.2. The van der Waals surface area contributed by atoms with Crippen molar-refractivity contribution in [2.45, 2.75) is 38.6 Å². The van der Waals surface area contributed by atoms with Crippen LogP contribution in [0.4, 0.5) is 5.69 Å². The predicted molar refractivity (Wildman–Crippen MR) is 111 cm³/mol. The van der Waals surface area contributed by atoms with Gasteiger partial charge in [0.15, 0.2) is 0 Å². The molecule has 0 spiro atoms. The average Bonchev–Trinajstić information content (AvgIpc) is 3.02. The molecule has 5 nitrogen and oxygen atoms in total. The minimum Gasteiger partial charge on any atom is -0.308 e. The smallest absolute Gasteiger partial charge is 0.233 e. The molecule has 0 aromatic heterocycles. The Morgan fingerprint density at radius 2 is 1.41 bits per heavy atom. The van der Waals surface area contributed by atoms with Crippen LogP contribution in [0.3, 0.4) is 0 Å². The number of likely N-dealkylation sites (tertiary alicyclic amines) is 1. The summed E-state index contributed by atoms with van der Waals surface area (Å²) in [6.07, 6.45) is 3.74. The molecule has 1 saturated heterocycles. The summed E-state index contributed by atoms with van der Waals surface area (Å²) < 4.78 is 0. The van der Waals surface area contributed by atoms with Crippen molar-refractivity contribution in [2.75, 3.05) is 11.4 Å². The van der Waals surface area contributed by atoms with Crippen molar-refractivity contribution < 1.29 is 14.4 Å². The van der Waals surface area contributed by atoms with Gasteiger partial charge in [0.05, 0.1) is 18.4 Å². The van der Waals surface area contributed by atoms with E-state index in [9.17, 15) is 14.4 Å². The highest BCUT2D eigenvalue weighted by Crippen LogP contribution is 2.38. The number of benzene rings is 2. The normalized spacial score (nSPS) is 21.2. The molecule has 2 atom stereocenters. The Morgan fingerprint density at radius 1 is 0.862 bits per heavy atom. The number of imide groups is 1. The van der Waals surface area contributed by atoms with E-state index in [-0.39, 0.29) is 42.5 Å². The number of para-hydroxylation sites is 1. The van der Waals surface area contributed by atoms with E-state index in [2.05, 4.69) is 0 Å². The molecule has 1 heterocycles. The Bertz CT molecular complexity index is 858. The third-order valence-corrected chi connectivity index (χ3v) is 6.03. The molecule has 3 amide bonds. The number of hydrogen-bond donors (Lipinski definition) is 0. The second-order valence-electron chi connectivity index (χ2n) is 7.88. The van der Waals surface area contributed by atoms with Crippen LogP contribution in [0.2, 0.25) is 0 Å². The van der Waals surface area contributed by atoms with E-state index in [1.54, 1.807) is 4.90 Å². The summed E-state index contributed by atoms with van der Waals surface area (Å²) in [6, 6.07) is 19.3. The van der Waals surface area contributed by atoms with Gasteiger partial charge in [0.1, 0.15) is 0 Å². The molecular weight excluding hydrogens is 364 g/mol. The zero-order chi connectivity index (χ0) is 20.2. The van der Waals surface area contributed by atoms with Crippen LogP contribution < -0.4 is 4.90 Å². The minimum absolute atomic E-state index is 0.0816. The summed E-state index contributed by atoms with van der Waals surface area (Å²) in [6.45, 7) is 0.623. The minimum atomic E-state index is -0.166. The monoisotopic (exact) mass is 390 g/mol. The van der Waals surface area contributed by atoms with E-state index in [1.807, 2.05) is 60.7 Å². The molecule has 4 rings (SSSR count). The van der Waals surface area contributed by atoms with Gasteiger partial charge in [-0.1, -0.05) is 61.4 Å². The Kier molecular flexibility index (Phi) is 5.74. The molecular formula is C24H26N2O3. The van der Waals surface area contributed by atoms with Crippen molar-refractivity contribution >= 4 is 23.4 Å². The van der Waals surface area contributed by atoms with Crippen LogP contribution in [0.25, 0.3) is 0 Å².